The van der Waals surface area contributed by atoms with E-state index in [0.29, 0.717) is 36.2 Å². The number of esters is 2. The molecular weight excluding hydrogens is 560 g/mol. The van der Waals surface area contributed by atoms with E-state index in [1.54, 1.807) is 48.5 Å². The topological polar surface area (TPSA) is 89.5 Å². The lowest BCUT2D eigenvalue weighted by molar-refractivity contribution is -0.0287. The zero-order valence-electron chi connectivity index (χ0n) is 26.8. The van der Waals surface area contributed by atoms with Gasteiger partial charge in [0.25, 0.3) is 0 Å². The highest BCUT2D eigenvalue weighted by atomic mass is 16.7. The summed E-state index contributed by atoms with van der Waals surface area (Å²) in [6.07, 6.45) is 7.09. The summed E-state index contributed by atoms with van der Waals surface area (Å²) in [7, 11) is 0. The molecule has 8 heteroatoms. The SMILES string of the molecule is CCCCC(CC)COc1ccc(C(=O)O[C@H]2CO[C@H]3[C@@H]2OC[C@H]3OC(=O)c2ccc(OCC(CC)CCCC)cc2)cc1. The van der Waals surface area contributed by atoms with E-state index in [-0.39, 0.29) is 13.2 Å². The second-order valence-corrected chi connectivity index (χ2v) is 12.0. The van der Waals surface area contributed by atoms with Crippen molar-refractivity contribution in [2.24, 2.45) is 11.8 Å². The average Bonchev–Trinajstić information content (AvgIpc) is 3.64. The normalized spacial score (nSPS) is 22.2. The number of benzene rings is 2. The van der Waals surface area contributed by atoms with Crippen molar-refractivity contribution in [3.05, 3.63) is 59.7 Å². The molecule has 2 aromatic carbocycles. The van der Waals surface area contributed by atoms with Gasteiger partial charge in [-0.05, 0) is 73.2 Å². The minimum atomic E-state index is -0.586. The van der Waals surface area contributed by atoms with E-state index in [1.807, 2.05) is 0 Å². The van der Waals surface area contributed by atoms with Gasteiger partial charge in [0.15, 0.2) is 12.2 Å². The van der Waals surface area contributed by atoms with Gasteiger partial charge in [0, 0.05) is 0 Å². The molecule has 2 heterocycles. The molecule has 0 amide bonds. The fraction of sp³-hybridized carbons (Fsp3) is 0.611. The Bertz CT molecular complexity index is 1060. The number of rotatable bonds is 18. The largest absolute Gasteiger partial charge is 0.493 e. The summed E-state index contributed by atoms with van der Waals surface area (Å²) in [5, 5.41) is 0. The lowest BCUT2D eigenvalue weighted by atomic mass is 10.0. The second kappa shape index (κ2) is 17.4. The molecule has 2 aliphatic rings. The summed E-state index contributed by atoms with van der Waals surface area (Å²) >= 11 is 0. The number of carbonyl (C=O) groups is 2. The lowest BCUT2D eigenvalue weighted by Crippen LogP contribution is -2.36. The van der Waals surface area contributed by atoms with Crippen molar-refractivity contribution in [1.29, 1.82) is 0 Å². The summed E-state index contributed by atoms with van der Waals surface area (Å²) in [5.41, 5.74) is 0.858. The first-order chi connectivity index (χ1) is 21.4. The standard InChI is InChI=1S/C36H50O8/c1-5-9-11-25(7-3)21-39-29-17-13-27(14-18-29)35(37)43-31-23-41-34-32(24-42-33(31)34)44-36(38)28-15-19-30(20-16-28)40-22-26(8-4)12-10-6-2/h13-20,25-26,31-34H,5-12,21-24H2,1-4H3/t25?,26?,31-,32+,33-,34-/m1/s1. The Morgan fingerprint density at radius 3 is 1.39 bits per heavy atom. The molecule has 2 saturated heterocycles. The fourth-order valence-electron chi connectivity index (χ4n) is 5.64. The van der Waals surface area contributed by atoms with E-state index in [4.69, 9.17) is 28.4 Å². The summed E-state index contributed by atoms with van der Waals surface area (Å²) in [6, 6.07) is 14.0. The van der Waals surface area contributed by atoms with Gasteiger partial charge in [-0.15, -0.1) is 0 Å². The highest BCUT2D eigenvalue weighted by Crippen LogP contribution is 2.32. The minimum Gasteiger partial charge on any atom is -0.493 e. The van der Waals surface area contributed by atoms with Gasteiger partial charge in [-0.3, -0.25) is 0 Å². The van der Waals surface area contributed by atoms with E-state index in [2.05, 4.69) is 27.7 Å². The molecular formula is C36H50O8. The van der Waals surface area contributed by atoms with Gasteiger partial charge >= 0.3 is 11.9 Å². The van der Waals surface area contributed by atoms with Crippen LogP contribution in [0.4, 0.5) is 0 Å². The molecule has 44 heavy (non-hydrogen) atoms. The van der Waals surface area contributed by atoms with Crippen LogP contribution in [0.5, 0.6) is 11.5 Å². The summed E-state index contributed by atoms with van der Waals surface area (Å²) < 4.78 is 35.2. The molecule has 2 aliphatic heterocycles. The van der Waals surface area contributed by atoms with Crippen LogP contribution in [0, 0.1) is 11.8 Å². The van der Waals surface area contributed by atoms with Gasteiger partial charge in [0.2, 0.25) is 0 Å². The molecule has 0 radical (unpaired) electrons. The van der Waals surface area contributed by atoms with Crippen molar-refractivity contribution >= 4 is 11.9 Å². The molecule has 4 rings (SSSR count). The maximum atomic E-state index is 12.9. The zero-order chi connectivity index (χ0) is 31.3. The van der Waals surface area contributed by atoms with Crippen LogP contribution in [0.15, 0.2) is 48.5 Å². The van der Waals surface area contributed by atoms with Crippen LogP contribution in [-0.4, -0.2) is 62.8 Å². The van der Waals surface area contributed by atoms with Gasteiger partial charge in [-0.1, -0.05) is 66.2 Å². The van der Waals surface area contributed by atoms with Crippen LogP contribution in [0.25, 0.3) is 0 Å². The maximum Gasteiger partial charge on any atom is 0.338 e. The third-order valence-electron chi connectivity index (χ3n) is 8.72. The highest BCUT2D eigenvalue weighted by molar-refractivity contribution is 5.90. The van der Waals surface area contributed by atoms with Gasteiger partial charge < -0.3 is 28.4 Å². The van der Waals surface area contributed by atoms with Crippen molar-refractivity contribution in [3.63, 3.8) is 0 Å². The first kappa shape index (κ1) is 33.8. The molecule has 242 valence electrons. The van der Waals surface area contributed by atoms with E-state index >= 15 is 0 Å². The molecule has 2 unspecified atom stereocenters. The number of carbonyl (C=O) groups excluding carboxylic acids is 2. The Morgan fingerprint density at radius 2 is 1.05 bits per heavy atom. The van der Waals surface area contributed by atoms with Crippen molar-refractivity contribution in [2.45, 2.75) is 103 Å². The average molecular weight is 611 g/mol. The lowest BCUT2D eigenvalue weighted by Gasteiger charge is -2.18. The van der Waals surface area contributed by atoms with Crippen molar-refractivity contribution in [2.75, 3.05) is 26.4 Å². The molecule has 0 aromatic heterocycles. The maximum absolute atomic E-state index is 12.9. The quantitative estimate of drug-likeness (QED) is 0.161. The molecule has 0 spiro atoms. The highest BCUT2D eigenvalue weighted by Gasteiger charge is 2.51. The number of unbranched alkanes of at least 4 members (excludes halogenated alkanes) is 2. The van der Waals surface area contributed by atoms with E-state index < -0.39 is 36.4 Å². The van der Waals surface area contributed by atoms with Gasteiger partial charge in [0.05, 0.1) is 37.6 Å². The van der Waals surface area contributed by atoms with Crippen LogP contribution in [0.2, 0.25) is 0 Å². The number of fused-ring (bicyclic) bond motifs is 1. The third-order valence-corrected chi connectivity index (χ3v) is 8.72. The third kappa shape index (κ3) is 9.45. The van der Waals surface area contributed by atoms with E-state index in [9.17, 15) is 9.59 Å². The van der Waals surface area contributed by atoms with Crippen molar-refractivity contribution in [3.8, 4) is 11.5 Å². The molecule has 8 nitrogen and oxygen atoms in total. The number of hydrogen-bond acceptors (Lipinski definition) is 8. The van der Waals surface area contributed by atoms with Crippen molar-refractivity contribution in [1.82, 2.24) is 0 Å². The van der Waals surface area contributed by atoms with Crippen LogP contribution in [0.3, 0.4) is 0 Å². The Labute approximate surface area is 262 Å². The molecule has 0 saturated carbocycles. The van der Waals surface area contributed by atoms with Crippen molar-refractivity contribution < 1.29 is 38.0 Å². The van der Waals surface area contributed by atoms with Gasteiger partial charge in [0.1, 0.15) is 23.7 Å². The van der Waals surface area contributed by atoms with Crippen LogP contribution in [0.1, 0.15) is 99.8 Å². The summed E-state index contributed by atoms with van der Waals surface area (Å²) in [4.78, 5) is 25.8. The minimum absolute atomic E-state index is 0.176. The first-order valence-electron chi connectivity index (χ1n) is 16.6. The Hall–Kier alpha value is -3.10. The predicted molar refractivity (Wildman–Crippen MR) is 168 cm³/mol. The molecule has 2 fully saturated rings. The Morgan fingerprint density at radius 1 is 0.659 bits per heavy atom. The molecule has 0 aliphatic carbocycles. The summed E-state index contributed by atoms with van der Waals surface area (Å²) in [5.74, 6) is 1.62. The number of ether oxygens (including phenoxy) is 6. The van der Waals surface area contributed by atoms with Crippen LogP contribution in [-0.2, 0) is 18.9 Å². The Balaban J connectivity index is 1.22. The van der Waals surface area contributed by atoms with Gasteiger partial charge in [-0.25, -0.2) is 9.59 Å². The summed E-state index contributed by atoms with van der Waals surface area (Å²) in [6.45, 7) is 10.5. The monoisotopic (exact) mass is 610 g/mol. The Kier molecular flexibility index (Phi) is 13.4. The molecule has 0 bridgehead atoms. The second-order valence-electron chi connectivity index (χ2n) is 12.0. The molecule has 2 aromatic rings. The van der Waals surface area contributed by atoms with E-state index in [1.165, 1.54) is 25.7 Å². The number of hydrogen-bond donors (Lipinski definition) is 0. The van der Waals surface area contributed by atoms with E-state index in [0.717, 1.165) is 37.2 Å². The van der Waals surface area contributed by atoms with Gasteiger partial charge in [-0.2, -0.15) is 0 Å². The zero-order valence-corrected chi connectivity index (χ0v) is 26.8. The van der Waals surface area contributed by atoms with Crippen LogP contribution >= 0.6 is 0 Å². The predicted octanol–water partition coefficient (Wildman–Crippen LogP) is 7.43. The smallest absolute Gasteiger partial charge is 0.338 e. The molecule has 0 N–H and O–H groups in total. The first-order valence-corrected chi connectivity index (χ1v) is 16.6. The molecule has 6 atom stereocenters. The van der Waals surface area contributed by atoms with Crippen LogP contribution < -0.4 is 9.47 Å². The fourth-order valence-corrected chi connectivity index (χ4v) is 5.64.